The molecule has 0 spiro atoms. The Labute approximate surface area is 154 Å². The minimum atomic E-state index is -1.12. The summed E-state index contributed by atoms with van der Waals surface area (Å²) in [7, 11) is 1.54. The highest BCUT2D eigenvalue weighted by Gasteiger charge is 2.36. The number of aromatic nitrogens is 1. The van der Waals surface area contributed by atoms with Crippen LogP contribution in [0.15, 0.2) is 51.4 Å². The number of aliphatic imine (C=N–C) groups is 1. The smallest absolute Gasteiger partial charge is 0.335 e. The summed E-state index contributed by atoms with van der Waals surface area (Å²) < 4.78 is 5.24. The van der Waals surface area contributed by atoms with Crippen LogP contribution in [0.25, 0.3) is 0 Å². The molecular formula is C18H17N3O4S. The molecule has 1 aliphatic rings. The van der Waals surface area contributed by atoms with Gasteiger partial charge in [-0.2, -0.15) is 0 Å². The van der Waals surface area contributed by atoms with E-state index in [1.54, 1.807) is 49.2 Å². The average molecular weight is 371 g/mol. The van der Waals surface area contributed by atoms with E-state index in [1.165, 1.54) is 23.2 Å². The van der Waals surface area contributed by atoms with Gasteiger partial charge in [0.25, 0.3) is 0 Å². The summed E-state index contributed by atoms with van der Waals surface area (Å²) in [5, 5.41) is 11.5. The molecule has 1 atom stereocenters. The molecule has 1 amide bonds. The topological polar surface area (TPSA) is 92.1 Å². The first kappa shape index (κ1) is 17.8. The van der Waals surface area contributed by atoms with Crippen molar-refractivity contribution in [3.05, 3.63) is 57.7 Å². The Kier molecular flexibility index (Phi) is 4.85. The molecule has 8 heteroatoms. The fourth-order valence-electron chi connectivity index (χ4n) is 2.94. The Morgan fingerprint density at radius 1 is 1.35 bits per heavy atom. The van der Waals surface area contributed by atoms with Crippen LogP contribution in [-0.4, -0.2) is 39.8 Å². The number of carbonyl (C=O) groups excluding carboxylic acids is 1. The molecule has 2 aromatic rings. The maximum atomic E-state index is 12.2. The van der Waals surface area contributed by atoms with Crippen molar-refractivity contribution in [2.24, 2.45) is 4.99 Å². The SMILES string of the molecule is COc1cccc(C2N=C(c3cscn3)N(C(C)=O)C(C)=C2C(=O)O)c1. The molecule has 2 heterocycles. The predicted molar refractivity (Wildman–Crippen MR) is 97.2 cm³/mol. The minimum absolute atomic E-state index is 0.0485. The molecule has 1 aromatic heterocycles. The molecule has 1 aliphatic heterocycles. The first-order valence-corrected chi connectivity index (χ1v) is 8.73. The van der Waals surface area contributed by atoms with E-state index in [-0.39, 0.29) is 11.5 Å². The molecule has 26 heavy (non-hydrogen) atoms. The number of carboxylic acid groups (broad SMARTS) is 1. The summed E-state index contributed by atoms with van der Waals surface area (Å²) in [4.78, 5) is 34.3. The molecule has 7 nitrogen and oxygen atoms in total. The third-order valence-corrected chi connectivity index (χ3v) is 4.66. The number of allylic oxidation sites excluding steroid dienone is 1. The number of methoxy groups -OCH3 is 1. The summed E-state index contributed by atoms with van der Waals surface area (Å²) in [6.07, 6.45) is 0. The lowest BCUT2D eigenvalue weighted by Gasteiger charge is -2.32. The van der Waals surface area contributed by atoms with Crippen LogP contribution in [0.4, 0.5) is 0 Å². The Morgan fingerprint density at radius 2 is 2.12 bits per heavy atom. The molecule has 0 fully saturated rings. The number of hydrogen-bond acceptors (Lipinski definition) is 6. The Balaban J connectivity index is 2.22. The van der Waals surface area contributed by atoms with Gasteiger partial charge in [-0.1, -0.05) is 12.1 Å². The maximum Gasteiger partial charge on any atom is 0.335 e. The van der Waals surface area contributed by atoms with Gasteiger partial charge in [-0.15, -0.1) is 11.3 Å². The number of hydrogen-bond donors (Lipinski definition) is 1. The van der Waals surface area contributed by atoms with Gasteiger partial charge >= 0.3 is 5.97 Å². The number of amides is 1. The molecule has 3 rings (SSSR count). The number of amidine groups is 1. The third kappa shape index (κ3) is 3.11. The highest BCUT2D eigenvalue weighted by atomic mass is 32.1. The van der Waals surface area contributed by atoms with Crippen LogP contribution >= 0.6 is 11.3 Å². The summed E-state index contributed by atoms with van der Waals surface area (Å²) in [6.45, 7) is 2.98. The van der Waals surface area contributed by atoms with Crippen LogP contribution in [0, 0.1) is 0 Å². The minimum Gasteiger partial charge on any atom is -0.497 e. The van der Waals surface area contributed by atoms with Gasteiger partial charge in [0.2, 0.25) is 5.91 Å². The number of ether oxygens (including phenoxy) is 1. The van der Waals surface area contributed by atoms with Crippen molar-refractivity contribution in [1.82, 2.24) is 9.88 Å². The van der Waals surface area contributed by atoms with Gasteiger partial charge in [0.05, 0.1) is 18.2 Å². The summed E-state index contributed by atoms with van der Waals surface area (Å²) in [5.41, 5.74) is 3.21. The molecule has 0 radical (unpaired) electrons. The largest absolute Gasteiger partial charge is 0.497 e. The van der Waals surface area contributed by atoms with Crippen molar-refractivity contribution >= 4 is 29.0 Å². The number of aliphatic carboxylic acids is 1. The number of benzene rings is 1. The van der Waals surface area contributed by atoms with E-state index in [0.29, 0.717) is 28.5 Å². The van der Waals surface area contributed by atoms with Crippen LogP contribution in [0.5, 0.6) is 5.75 Å². The highest BCUT2D eigenvalue weighted by Crippen LogP contribution is 2.36. The molecule has 1 N–H and O–H groups in total. The fourth-order valence-corrected chi connectivity index (χ4v) is 3.47. The predicted octanol–water partition coefficient (Wildman–Crippen LogP) is 2.86. The van der Waals surface area contributed by atoms with Crippen molar-refractivity contribution in [2.75, 3.05) is 7.11 Å². The van der Waals surface area contributed by atoms with Crippen LogP contribution < -0.4 is 4.74 Å². The second-order valence-electron chi connectivity index (χ2n) is 5.66. The Hall–Kier alpha value is -3.00. The van der Waals surface area contributed by atoms with Crippen molar-refractivity contribution in [3.63, 3.8) is 0 Å². The van der Waals surface area contributed by atoms with Gasteiger partial charge in [-0.3, -0.25) is 14.7 Å². The molecule has 0 aliphatic carbocycles. The standard InChI is InChI=1S/C18H17N3O4S/c1-10-15(18(23)24)16(12-5-4-6-13(7-12)25-3)20-17(21(10)11(2)22)14-8-26-9-19-14/h4-9,16H,1-3H3,(H,23,24). The summed E-state index contributed by atoms with van der Waals surface area (Å²) in [5.74, 6) is -0.502. The lowest BCUT2D eigenvalue weighted by atomic mass is 9.95. The van der Waals surface area contributed by atoms with Crippen LogP contribution in [-0.2, 0) is 9.59 Å². The average Bonchev–Trinajstić information content (AvgIpc) is 3.14. The summed E-state index contributed by atoms with van der Waals surface area (Å²) >= 11 is 1.38. The van der Waals surface area contributed by atoms with E-state index in [4.69, 9.17) is 4.74 Å². The number of thiazole rings is 1. The van der Waals surface area contributed by atoms with Gasteiger partial charge in [-0.05, 0) is 24.6 Å². The monoisotopic (exact) mass is 371 g/mol. The van der Waals surface area contributed by atoms with Gasteiger partial charge in [-0.25, -0.2) is 9.78 Å². The number of rotatable bonds is 4. The zero-order chi connectivity index (χ0) is 18.8. The number of carbonyl (C=O) groups is 2. The number of carboxylic acids is 1. The zero-order valence-corrected chi connectivity index (χ0v) is 15.3. The molecule has 1 unspecified atom stereocenters. The van der Waals surface area contributed by atoms with Gasteiger partial charge < -0.3 is 9.84 Å². The molecule has 0 bridgehead atoms. The third-order valence-electron chi connectivity index (χ3n) is 4.08. The van der Waals surface area contributed by atoms with Crippen LogP contribution in [0.1, 0.15) is 31.1 Å². The first-order valence-electron chi connectivity index (χ1n) is 7.79. The van der Waals surface area contributed by atoms with E-state index in [1.807, 2.05) is 0 Å². The highest BCUT2D eigenvalue weighted by molar-refractivity contribution is 7.07. The van der Waals surface area contributed by atoms with E-state index in [0.717, 1.165) is 0 Å². The first-order chi connectivity index (χ1) is 12.4. The molecule has 0 saturated carbocycles. The van der Waals surface area contributed by atoms with Crippen molar-refractivity contribution < 1.29 is 19.4 Å². The van der Waals surface area contributed by atoms with E-state index in [2.05, 4.69) is 9.98 Å². The van der Waals surface area contributed by atoms with E-state index < -0.39 is 12.0 Å². The van der Waals surface area contributed by atoms with E-state index >= 15 is 0 Å². The van der Waals surface area contributed by atoms with Gasteiger partial charge in [0, 0.05) is 18.0 Å². The fraction of sp³-hybridized carbons (Fsp3) is 0.222. The summed E-state index contributed by atoms with van der Waals surface area (Å²) in [6, 6.07) is 6.31. The van der Waals surface area contributed by atoms with Crippen molar-refractivity contribution in [2.45, 2.75) is 19.9 Å². The normalized spacial score (nSPS) is 17.1. The second-order valence-corrected chi connectivity index (χ2v) is 6.38. The Morgan fingerprint density at radius 3 is 2.69 bits per heavy atom. The van der Waals surface area contributed by atoms with Crippen molar-refractivity contribution in [1.29, 1.82) is 0 Å². The van der Waals surface area contributed by atoms with Crippen LogP contribution in [0.2, 0.25) is 0 Å². The lowest BCUT2D eigenvalue weighted by molar-refractivity contribution is -0.133. The molecular weight excluding hydrogens is 354 g/mol. The lowest BCUT2D eigenvalue weighted by Crippen LogP contribution is -2.40. The quantitative estimate of drug-likeness (QED) is 0.892. The molecule has 0 saturated heterocycles. The zero-order valence-electron chi connectivity index (χ0n) is 14.5. The maximum absolute atomic E-state index is 12.2. The second kappa shape index (κ2) is 7.09. The van der Waals surface area contributed by atoms with Gasteiger partial charge in [0.15, 0.2) is 5.84 Å². The Bertz CT molecular complexity index is 918. The van der Waals surface area contributed by atoms with E-state index in [9.17, 15) is 14.7 Å². The van der Waals surface area contributed by atoms with Gasteiger partial charge in [0.1, 0.15) is 17.5 Å². The van der Waals surface area contributed by atoms with Crippen LogP contribution in [0.3, 0.4) is 0 Å². The molecule has 1 aromatic carbocycles. The molecule has 134 valence electrons. The van der Waals surface area contributed by atoms with Crippen molar-refractivity contribution in [3.8, 4) is 5.75 Å². The number of nitrogens with zero attached hydrogens (tertiary/aromatic N) is 3.